The maximum Gasteiger partial charge on any atom is 0.135 e. The van der Waals surface area contributed by atoms with Crippen LogP contribution in [0.3, 0.4) is 0 Å². The summed E-state index contributed by atoms with van der Waals surface area (Å²) in [6, 6.07) is 62.1. The summed E-state index contributed by atoms with van der Waals surface area (Å²) in [5.41, 5.74) is 9.87. The predicted molar refractivity (Wildman–Crippen MR) is 235 cm³/mol. The summed E-state index contributed by atoms with van der Waals surface area (Å²) in [4.78, 5) is 0. The van der Waals surface area contributed by atoms with E-state index >= 15 is 0 Å². The van der Waals surface area contributed by atoms with Crippen LogP contribution in [0.1, 0.15) is 16.8 Å². The number of furan rings is 1. The molecule has 2 heterocycles. The van der Waals surface area contributed by atoms with E-state index in [4.69, 9.17) is 11.0 Å². The summed E-state index contributed by atoms with van der Waals surface area (Å²) >= 11 is 0. The third-order valence-electron chi connectivity index (χ3n) is 11.3. The molecule has 3 heteroatoms. The summed E-state index contributed by atoms with van der Waals surface area (Å²) in [6.45, 7) is 4.74. The van der Waals surface area contributed by atoms with E-state index in [9.17, 15) is 5.26 Å². The molecule has 0 fully saturated rings. The zero-order valence-electron chi connectivity index (χ0n) is 30.3. The van der Waals surface area contributed by atoms with Crippen LogP contribution in [0.5, 0.6) is 0 Å². The van der Waals surface area contributed by atoms with E-state index in [0.29, 0.717) is 5.56 Å². The molecule has 56 heavy (non-hydrogen) atoms. The first-order valence-corrected chi connectivity index (χ1v) is 18.8. The van der Waals surface area contributed by atoms with Gasteiger partial charge in [0.05, 0.1) is 17.1 Å². The van der Waals surface area contributed by atoms with Crippen molar-refractivity contribution in [3.05, 3.63) is 199 Å². The first-order valence-electron chi connectivity index (χ1n) is 18.8. The van der Waals surface area contributed by atoms with E-state index in [2.05, 4.69) is 150 Å². The van der Waals surface area contributed by atoms with Crippen LogP contribution in [0.4, 0.5) is 0 Å². The van der Waals surface area contributed by atoms with Gasteiger partial charge in [-0.1, -0.05) is 128 Å². The number of aromatic nitrogens is 1. The van der Waals surface area contributed by atoms with Gasteiger partial charge >= 0.3 is 0 Å². The maximum atomic E-state index is 9.76. The molecule has 0 aliphatic heterocycles. The van der Waals surface area contributed by atoms with Gasteiger partial charge in [0.1, 0.15) is 11.2 Å². The van der Waals surface area contributed by atoms with Gasteiger partial charge in [-0.05, 0) is 126 Å². The van der Waals surface area contributed by atoms with Crippen LogP contribution in [0.2, 0.25) is 0 Å². The van der Waals surface area contributed by atoms with Gasteiger partial charge in [-0.15, -0.1) is 0 Å². The van der Waals surface area contributed by atoms with Crippen molar-refractivity contribution in [1.29, 1.82) is 5.26 Å². The molecule has 0 radical (unpaired) electrons. The topological polar surface area (TPSA) is 41.9 Å². The van der Waals surface area contributed by atoms with Crippen molar-refractivity contribution in [2.24, 2.45) is 0 Å². The van der Waals surface area contributed by atoms with E-state index in [1.807, 2.05) is 42.5 Å². The molecule has 0 unspecified atom stereocenters. The fourth-order valence-corrected chi connectivity index (χ4v) is 8.87. The molecule has 11 aromatic rings. The number of nitrogens with zero attached hydrogens (tertiary/aromatic N) is 2. The molecule has 0 saturated heterocycles. The molecule has 0 spiro atoms. The molecule has 3 nitrogen and oxygen atoms in total. The number of hydrogen-bond donors (Lipinski definition) is 0. The zero-order chi connectivity index (χ0) is 37.3. The second-order valence-electron chi connectivity index (χ2n) is 14.5. The summed E-state index contributed by atoms with van der Waals surface area (Å²) in [5.74, 6) is 0. The minimum atomic E-state index is 0.628. The number of fused-ring (bicyclic) bond motifs is 8. The first kappa shape index (κ1) is 31.8. The average molecular weight is 713 g/mol. The van der Waals surface area contributed by atoms with Crippen molar-refractivity contribution in [1.82, 2.24) is 4.57 Å². The second-order valence-corrected chi connectivity index (χ2v) is 14.5. The minimum Gasteiger partial charge on any atom is -0.456 e. The van der Waals surface area contributed by atoms with Crippen LogP contribution in [0.25, 0.3) is 104 Å². The van der Waals surface area contributed by atoms with Crippen LogP contribution in [-0.2, 0) is 0 Å². The highest BCUT2D eigenvalue weighted by atomic mass is 16.3. The number of nitriles is 1. The van der Waals surface area contributed by atoms with E-state index in [1.165, 1.54) is 43.4 Å². The number of allylic oxidation sites excluding steroid dienone is 2. The summed E-state index contributed by atoms with van der Waals surface area (Å²) in [6.07, 6.45) is 4.30. The van der Waals surface area contributed by atoms with Crippen molar-refractivity contribution in [3.63, 3.8) is 0 Å². The van der Waals surface area contributed by atoms with Crippen LogP contribution < -0.4 is 0 Å². The van der Waals surface area contributed by atoms with Crippen molar-refractivity contribution >= 4 is 87.6 Å². The minimum absolute atomic E-state index is 0.628. The quantitative estimate of drug-likeness (QED) is 0.132. The second kappa shape index (κ2) is 12.5. The summed E-state index contributed by atoms with van der Waals surface area (Å²) in [5, 5.41) is 22.5. The van der Waals surface area contributed by atoms with Gasteiger partial charge < -0.3 is 8.98 Å². The number of hydrogen-bond acceptors (Lipinski definition) is 2. The van der Waals surface area contributed by atoms with Gasteiger partial charge in [0.15, 0.2) is 0 Å². The molecule has 2 aromatic heterocycles. The summed E-state index contributed by atoms with van der Waals surface area (Å²) in [7, 11) is 0. The monoisotopic (exact) mass is 712 g/mol. The Morgan fingerprint density at radius 2 is 1.09 bits per heavy atom. The third-order valence-corrected chi connectivity index (χ3v) is 11.3. The first-order chi connectivity index (χ1) is 27.6. The van der Waals surface area contributed by atoms with Crippen molar-refractivity contribution in [3.8, 4) is 22.9 Å². The lowest BCUT2D eigenvalue weighted by Crippen LogP contribution is -1.96. The van der Waals surface area contributed by atoms with Gasteiger partial charge in [-0.25, -0.2) is 0 Å². The predicted octanol–water partition coefficient (Wildman–Crippen LogP) is 14.4. The van der Waals surface area contributed by atoms with Gasteiger partial charge in [0.2, 0.25) is 0 Å². The van der Waals surface area contributed by atoms with Crippen LogP contribution in [-0.4, -0.2) is 4.57 Å². The van der Waals surface area contributed by atoms with Crippen molar-refractivity contribution < 1.29 is 4.42 Å². The largest absolute Gasteiger partial charge is 0.456 e. The highest BCUT2D eigenvalue weighted by Gasteiger charge is 2.20. The van der Waals surface area contributed by atoms with Gasteiger partial charge in [-0.2, -0.15) is 5.26 Å². The Labute approximate surface area is 322 Å². The lowest BCUT2D eigenvalue weighted by Gasteiger charge is -2.20. The average Bonchev–Trinajstić information content (AvgIpc) is 3.81. The Balaban J connectivity index is 1.12. The zero-order valence-corrected chi connectivity index (χ0v) is 30.3. The molecule has 0 N–H and O–H groups in total. The summed E-state index contributed by atoms with van der Waals surface area (Å²) < 4.78 is 8.44. The van der Waals surface area contributed by atoms with E-state index in [0.717, 1.165) is 66.1 Å². The molecular formula is C53H32N2O. The Kier molecular flexibility index (Phi) is 7.07. The Bertz CT molecular complexity index is 3400. The number of benzene rings is 9. The third kappa shape index (κ3) is 4.83. The Morgan fingerprint density at radius 1 is 0.518 bits per heavy atom. The van der Waals surface area contributed by atoms with E-state index in [1.54, 1.807) is 0 Å². The normalized spacial score (nSPS) is 11.9. The molecule has 0 amide bonds. The SMILES string of the molecule is C=C(/C=C\c1cc2cc(C#N)ccc2n1-c1ccc2oc3ccccc3c2c1)c1c2ccccc2c(-c2c3ccccc3cc3ccccc23)c2ccccc12. The van der Waals surface area contributed by atoms with Crippen LogP contribution >= 0.6 is 0 Å². The smallest absolute Gasteiger partial charge is 0.135 e. The molecule has 0 bridgehead atoms. The van der Waals surface area contributed by atoms with E-state index < -0.39 is 0 Å². The maximum absolute atomic E-state index is 9.76. The van der Waals surface area contributed by atoms with Crippen LogP contribution in [0, 0.1) is 11.3 Å². The Morgan fingerprint density at radius 3 is 1.77 bits per heavy atom. The molecular weight excluding hydrogens is 681 g/mol. The number of para-hydroxylation sites is 1. The molecule has 9 aromatic carbocycles. The lowest BCUT2D eigenvalue weighted by molar-refractivity contribution is 0.669. The van der Waals surface area contributed by atoms with Gasteiger partial charge in [-0.3, -0.25) is 0 Å². The van der Waals surface area contributed by atoms with Gasteiger partial charge in [0.25, 0.3) is 0 Å². The fourth-order valence-electron chi connectivity index (χ4n) is 8.87. The van der Waals surface area contributed by atoms with E-state index in [-0.39, 0.29) is 0 Å². The fraction of sp³-hybridized carbons (Fsp3) is 0. The van der Waals surface area contributed by atoms with Crippen molar-refractivity contribution in [2.75, 3.05) is 0 Å². The molecule has 0 atom stereocenters. The highest BCUT2D eigenvalue weighted by Crippen LogP contribution is 2.46. The molecule has 0 aliphatic carbocycles. The molecule has 260 valence electrons. The Hall–Kier alpha value is -7.67. The van der Waals surface area contributed by atoms with Gasteiger partial charge in [0, 0.05) is 27.5 Å². The van der Waals surface area contributed by atoms with Crippen LogP contribution in [0.15, 0.2) is 187 Å². The number of rotatable bonds is 5. The molecule has 0 saturated carbocycles. The lowest BCUT2D eigenvalue weighted by atomic mass is 9.83. The highest BCUT2D eigenvalue weighted by molar-refractivity contribution is 6.26. The van der Waals surface area contributed by atoms with Crippen molar-refractivity contribution in [2.45, 2.75) is 0 Å². The molecule has 0 aliphatic rings. The molecule has 11 rings (SSSR count). The standard InChI is InChI=1S/C53H32N2O/c1-33(22-24-38-30-37-28-34(32-54)23-26-48(37)55(38)39-25-27-50-47(31-39)42-16-10-11-21-49(42)56-50)51-43-17-6-8-19-45(43)53(46-20-9-7-18-44(46)51)52-40-14-4-2-12-35(40)29-36-13-3-5-15-41(36)52/h2-31H,1H2/b24-22-.